The number of aromatic nitrogens is 3. The highest BCUT2D eigenvalue weighted by Gasteiger charge is 2.24. The molecule has 1 aromatic rings. The third kappa shape index (κ3) is 2.82. The van der Waals surface area contributed by atoms with E-state index in [2.05, 4.69) is 10.3 Å². The van der Waals surface area contributed by atoms with Crippen LogP contribution in [0.5, 0.6) is 0 Å². The molecule has 7 heteroatoms. The van der Waals surface area contributed by atoms with E-state index in [1.807, 2.05) is 13.8 Å². The normalized spacial score (nSPS) is 12.2. The Hall–Kier alpha value is -1.43. The zero-order chi connectivity index (χ0) is 13.0. The summed E-state index contributed by atoms with van der Waals surface area (Å²) in [5.41, 5.74) is -0.768. The summed E-state index contributed by atoms with van der Waals surface area (Å²) >= 11 is 5.86. The van der Waals surface area contributed by atoms with Crippen LogP contribution in [-0.4, -0.2) is 44.7 Å². The number of hydrogen-bond donors (Lipinski definition) is 0. The summed E-state index contributed by atoms with van der Waals surface area (Å²) in [5.74, 6) is -0.516. The van der Waals surface area contributed by atoms with Gasteiger partial charge in [-0.1, -0.05) is 16.8 Å². The molecule has 1 atom stereocenters. The van der Waals surface area contributed by atoms with Crippen LogP contribution in [-0.2, 0) is 4.79 Å². The van der Waals surface area contributed by atoms with Crippen LogP contribution in [0, 0.1) is 0 Å². The first kappa shape index (κ1) is 13.6. The number of Topliss-reactive ketones (excluding diaryl/α,β-unsaturated/α-hetero) is 1. The van der Waals surface area contributed by atoms with E-state index in [0.29, 0.717) is 13.1 Å². The quantitative estimate of drug-likeness (QED) is 0.742. The second kappa shape index (κ2) is 5.77. The molecule has 0 fully saturated rings. The molecule has 1 rings (SSSR count). The zero-order valence-corrected chi connectivity index (χ0v) is 10.8. The van der Waals surface area contributed by atoms with Crippen molar-refractivity contribution >= 4 is 23.3 Å². The summed E-state index contributed by atoms with van der Waals surface area (Å²) in [6, 6.07) is 0. The SMILES string of the molecule is CCN(CC)C(=O)c1cnnn1C(Cl)C(C)=O. The van der Waals surface area contributed by atoms with Crippen LogP contribution in [0.15, 0.2) is 6.20 Å². The molecule has 0 aliphatic heterocycles. The molecular weight excluding hydrogens is 244 g/mol. The standard InChI is InChI=1S/C10H15ClN4O2/c1-4-14(5-2)10(17)8-6-12-13-15(8)9(11)7(3)16/h6,9H,4-5H2,1-3H3. The molecule has 1 amide bonds. The Bertz CT molecular complexity index is 414. The minimum absolute atomic E-state index is 0.226. The van der Waals surface area contributed by atoms with Crippen LogP contribution in [0.3, 0.4) is 0 Å². The number of carbonyl (C=O) groups excluding carboxylic acids is 2. The van der Waals surface area contributed by atoms with E-state index < -0.39 is 5.50 Å². The van der Waals surface area contributed by atoms with Gasteiger partial charge in [0.25, 0.3) is 5.91 Å². The van der Waals surface area contributed by atoms with Crippen molar-refractivity contribution < 1.29 is 9.59 Å². The van der Waals surface area contributed by atoms with Gasteiger partial charge in [-0.25, -0.2) is 4.68 Å². The number of nitrogens with zero attached hydrogens (tertiary/aromatic N) is 4. The van der Waals surface area contributed by atoms with Crippen molar-refractivity contribution in [3.8, 4) is 0 Å². The monoisotopic (exact) mass is 258 g/mol. The molecule has 1 aromatic heterocycles. The lowest BCUT2D eigenvalue weighted by Crippen LogP contribution is -2.33. The van der Waals surface area contributed by atoms with E-state index in [0.717, 1.165) is 4.68 Å². The topological polar surface area (TPSA) is 68.1 Å². The molecule has 0 spiro atoms. The first-order chi connectivity index (χ1) is 8.02. The smallest absolute Gasteiger partial charge is 0.273 e. The van der Waals surface area contributed by atoms with E-state index in [1.165, 1.54) is 13.1 Å². The maximum Gasteiger partial charge on any atom is 0.273 e. The number of halogens is 1. The van der Waals surface area contributed by atoms with Crippen molar-refractivity contribution in [1.82, 2.24) is 19.9 Å². The molecule has 0 bridgehead atoms. The van der Waals surface area contributed by atoms with Gasteiger partial charge in [0, 0.05) is 13.1 Å². The Balaban J connectivity index is 3.03. The Morgan fingerprint density at radius 3 is 2.53 bits per heavy atom. The lowest BCUT2D eigenvalue weighted by atomic mass is 10.3. The van der Waals surface area contributed by atoms with Crippen LogP contribution < -0.4 is 0 Å². The number of amides is 1. The molecule has 1 heterocycles. The molecule has 6 nitrogen and oxygen atoms in total. The molecule has 0 aliphatic carbocycles. The van der Waals surface area contributed by atoms with Crippen molar-refractivity contribution in [2.75, 3.05) is 13.1 Å². The highest BCUT2D eigenvalue weighted by Crippen LogP contribution is 2.15. The highest BCUT2D eigenvalue weighted by molar-refractivity contribution is 6.28. The molecule has 0 aliphatic rings. The average molecular weight is 259 g/mol. The van der Waals surface area contributed by atoms with Gasteiger partial charge in [0.2, 0.25) is 0 Å². The minimum atomic E-state index is -0.994. The lowest BCUT2D eigenvalue weighted by molar-refractivity contribution is -0.118. The number of ketones is 1. The van der Waals surface area contributed by atoms with Crippen molar-refractivity contribution in [3.63, 3.8) is 0 Å². The zero-order valence-electron chi connectivity index (χ0n) is 10.1. The highest BCUT2D eigenvalue weighted by atomic mass is 35.5. The fraction of sp³-hybridized carbons (Fsp3) is 0.600. The third-order valence-corrected chi connectivity index (χ3v) is 2.89. The summed E-state index contributed by atoms with van der Waals surface area (Å²) in [7, 11) is 0. The van der Waals surface area contributed by atoms with E-state index in [9.17, 15) is 9.59 Å². The van der Waals surface area contributed by atoms with Gasteiger partial charge in [-0.2, -0.15) is 0 Å². The van der Waals surface area contributed by atoms with Gasteiger partial charge < -0.3 is 4.90 Å². The molecule has 0 N–H and O–H groups in total. The molecular formula is C10H15ClN4O2. The maximum atomic E-state index is 12.1. The second-order valence-electron chi connectivity index (χ2n) is 3.49. The Morgan fingerprint density at radius 1 is 1.47 bits per heavy atom. The van der Waals surface area contributed by atoms with Crippen LogP contribution in [0.2, 0.25) is 0 Å². The van der Waals surface area contributed by atoms with Gasteiger partial charge in [-0.15, -0.1) is 5.10 Å². The molecule has 0 saturated carbocycles. The summed E-state index contributed by atoms with van der Waals surface area (Å²) in [5, 5.41) is 7.30. The van der Waals surface area contributed by atoms with E-state index >= 15 is 0 Å². The number of carbonyl (C=O) groups is 2. The van der Waals surface area contributed by atoms with Gasteiger partial charge in [-0.05, 0) is 20.8 Å². The van der Waals surface area contributed by atoms with Crippen LogP contribution >= 0.6 is 11.6 Å². The molecule has 0 aromatic carbocycles. The van der Waals surface area contributed by atoms with E-state index in [1.54, 1.807) is 4.90 Å². The average Bonchev–Trinajstić information content (AvgIpc) is 2.77. The Kier molecular flexibility index (Phi) is 4.62. The van der Waals surface area contributed by atoms with Gasteiger partial charge in [0.1, 0.15) is 5.69 Å². The molecule has 17 heavy (non-hydrogen) atoms. The number of hydrogen-bond acceptors (Lipinski definition) is 4. The summed E-state index contributed by atoms with van der Waals surface area (Å²) in [4.78, 5) is 24.9. The van der Waals surface area contributed by atoms with Crippen LogP contribution in [0.25, 0.3) is 0 Å². The van der Waals surface area contributed by atoms with E-state index in [4.69, 9.17) is 11.6 Å². The minimum Gasteiger partial charge on any atom is -0.338 e. The van der Waals surface area contributed by atoms with E-state index in [-0.39, 0.29) is 17.4 Å². The summed E-state index contributed by atoms with van der Waals surface area (Å²) in [6.07, 6.45) is 1.32. The maximum absolute atomic E-state index is 12.1. The predicted octanol–water partition coefficient (Wildman–Crippen LogP) is 1.09. The fourth-order valence-electron chi connectivity index (χ4n) is 1.41. The Labute approximate surface area is 105 Å². The van der Waals surface area contributed by atoms with Gasteiger partial charge in [0.05, 0.1) is 6.20 Å². The van der Waals surface area contributed by atoms with Crippen molar-refractivity contribution in [3.05, 3.63) is 11.9 Å². The summed E-state index contributed by atoms with van der Waals surface area (Å²) < 4.78 is 1.14. The fourth-order valence-corrected chi connectivity index (χ4v) is 1.55. The first-order valence-electron chi connectivity index (χ1n) is 5.36. The van der Waals surface area contributed by atoms with Crippen molar-refractivity contribution in [1.29, 1.82) is 0 Å². The number of alkyl halides is 1. The molecule has 1 unspecified atom stereocenters. The van der Waals surface area contributed by atoms with Crippen molar-refractivity contribution in [2.24, 2.45) is 0 Å². The van der Waals surface area contributed by atoms with Gasteiger partial charge in [-0.3, -0.25) is 9.59 Å². The van der Waals surface area contributed by atoms with Crippen molar-refractivity contribution in [2.45, 2.75) is 26.3 Å². The lowest BCUT2D eigenvalue weighted by Gasteiger charge is -2.19. The Morgan fingerprint density at radius 2 is 2.06 bits per heavy atom. The van der Waals surface area contributed by atoms with Gasteiger partial charge in [0.15, 0.2) is 11.3 Å². The van der Waals surface area contributed by atoms with Crippen LogP contribution in [0.4, 0.5) is 0 Å². The third-order valence-electron chi connectivity index (χ3n) is 2.39. The summed E-state index contributed by atoms with van der Waals surface area (Å²) in [6.45, 7) is 6.24. The van der Waals surface area contributed by atoms with Crippen LogP contribution in [0.1, 0.15) is 36.8 Å². The van der Waals surface area contributed by atoms with Gasteiger partial charge >= 0.3 is 0 Å². The largest absolute Gasteiger partial charge is 0.338 e. The molecule has 0 saturated heterocycles. The molecule has 94 valence electrons. The first-order valence-corrected chi connectivity index (χ1v) is 5.80. The number of rotatable bonds is 5. The molecule has 0 radical (unpaired) electrons. The predicted molar refractivity (Wildman–Crippen MR) is 62.8 cm³/mol. The second-order valence-corrected chi connectivity index (χ2v) is 3.90.